The molecule has 1 aliphatic heterocycles. The largest absolute Gasteiger partial charge is 0.481 e. The third-order valence-corrected chi connectivity index (χ3v) is 7.62. The molecule has 0 radical (unpaired) electrons. The van der Waals surface area contributed by atoms with E-state index in [2.05, 4.69) is 21.3 Å². The molecule has 0 bridgehead atoms. The number of nitrogens with zero attached hydrogens (tertiary/aromatic N) is 1. The molecule has 0 aliphatic carbocycles. The monoisotopic (exact) mass is 772 g/mol. The van der Waals surface area contributed by atoms with Gasteiger partial charge in [-0.15, -0.1) is 0 Å². The third kappa shape index (κ3) is 15.5. The summed E-state index contributed by atoms with van der Waals surface area (Å²) in [5, 5.41) is 38.3. The Morgan fingerprint density at radius 2 is 1.04 bits per heavy atom. The highest BCUT2D eigenvalue weighted by molar-refractivity contribution is 6.00. The molecule has 1 rings (SSSR count). The van der Waals surface area contributed by atoms with Crippen LogP contribution in [0, 0.1) is 0 Å². The molecule has 25 heteroatoms. The molecule has 0 saturated carbocycles. The number of likely N-dealkylation sites (tertiary alicyclic amines) is 1. The van der Waals surface area contributed by atoms with E-state index in [0.717, 1.165) is 4.90 Å². The van der Waals surface area contributed by atoms with Crippen LogP contribution in [0.5, 0.6) is 0 Å². The van der Waals surface area contributed by atoms with E-state index >= 15 is 0 Å². The molecular weight excluding hydrogens is 728 g/mol. The minimum atomic E-state index is -1.89. The molecule has 1 aliphatic rings. The van der Waals surface area contributed by atoms with Crippen molar-refractivity contribution in [2.45, 2.75) is 101 Å². The quantitative estimate of drug-likeness (QED) is 0.0459. The van der Waals surface area contributed by atoms with Gasteiger partial charge in [0.1, 0.15) is 36.3 Å². The fraction of sp³-hybridized carbons (Fsp3) is 0.586. The second kappa shape index (κ2) is 21.2. The Morgan fingerprint density at radius 3 is 1.48 bits per heavy atom. The number of aliphatic carboxylic acids is 3. The van der Waals surface area contributed by atoms with Gasteiger partial charge >= 0.3 is 17.9 Å². The van der Waals surface area contributed by atoms with Crippen LogP contribution in [-0.4, -0.2) is 140 Å². The molecule has 0 spiro atoms. The SMILES string of the molecule is CC(N)C(=O)NC(CC(=O)O)C(=O)NC(CC(N)=O)C(=O)NC(CCC(=O)O)C(=O)N1CCCC1C(=O)NC(CC(N)=O)C(=O)NC(CC(N)=O)C(=O)O. The summed E-state index contributed by atoms with van der Waals surface area (Å²) in [5.74, 6) is -14.8. The van der Waals surface area contributed by atoms with E-state index in [4.69, 9.17) is 22.9 Å². The second-order valence-corrected chi connectivity index (χ2v) is 12.2. The third-order valence-electron chi connectivity index (χ3n) is 7.62. The Labute approximate surface area is 305 Å². The molecule has 300 valence electrons. The van der Waals surface area contributed by atoms with Crippen molar-refractivity contribution in [1.82, 2.24) is 31.5 Å². The van der Waals surface area contributed by atoms with Gasteiger partial charge in [-0.25, -0.2) is 4.79 Å². The number of carboxylic acid groups (broad SMARTS) is 3. The van der Waals surface area contributed by atoms with E-state index < -0.39 is 152 Å². The highest BCUT2D eigenvalue weighted by Gasteiger charge is 2.40. The van der Waals surface area contributed by atoms with Gasteiger partial charge in [0, 0.05) is 13.0 Å². The van der Waals surface area contributed by atoms with Crippen LogP contribution >= 0.6 is 0 Å². The Bertz CT molecular complexity index is 1520. The maximum atomic E-state index is 13.8. The highest BCUT2D eigenvalue weighted by atomic mass is 16.4. The number of amides is 9. The minimum absolute atomic E-state index is 0.0556. The lowest BCUT2D eigenvalue weighted by Gasteiger charge is -2.30. The molecule has 9 amide bonds. The van der Waals surface area contributed by atoms with Gasteiger partial charge in [0.2, 0.25) is 53.2 Å². The molecule has 25 nitrogen and oxygen atoms in total. The molecule has 16 N–H and O–H groups in total. The lowest BCUT2D eigenvalue weighted by Crippen LogP contribution is -2.60. The summed E-state index contributed by atoms with van der Waals surface area (Å²) in [5.41, 5.74) is 20.9. The van der Waals surface area contributed by atoms with E-state index in [1.165, 1.54) is 6.92 Å². The van der Waals surface area contributed by atoms with E-state index in [1.807, 2.05) is 5.32 Å². The number of nitrogens with two attached hydrogens (primary N) is 4. The van der Waals surface area contributed by atoms with Crippen LogP contribution in [0.1, 0.15) is 58.3 Å². The van der Waals surface area contributed by atoms with Crippen molar-refractivity contribution in [1.29, 1.82) is 0 Å². The predicted octanol–water partition coefficient (Wildman–Crippen LogP) is -7.20. The molecule has 1 fully saturated rings. The molecule has 0 aromatic rings. The predicted molar refractivity (Wildman–Crippen MR) is 176 cm³/mol. The summed E-state index contributed by atoms with van der Waals surface area (Å²) >= 11 is 0. The highest BCUT2D eigenvalue weighted by Crippen LogP contribution is 2.20. The van der Waals surface area contributed by atoms with Crippen molar-refractivity contribution in [3.63, 3.8) is 0 Å². The molecule has 1 heterocycles. The van der Waals surface area contributed by atoms with Gasteiger partial charge < -0.3 is 69.7 Å². The zero-order valence-corrected chi connectivity index (χ0v) is 28.9. The number of carbonyl (C=O) groups is 12. The Morgan fingerprint density at radius 1 is 0.611 bits per heavy atom. The van der Waals surface area contributed by atoms with Crippen LogP contribution in [0.3, 0.4) is 0 Å². The molecule has 0 aromatic heterocycles. The van der Waals surface area contributed by atoms with Crippen LogP contribution < -0.4 is 49.5 Å². The first kappa shape index (κ1) is 45.6. The lowest BCUT2D eigenvalue weighted by molar-refractivity contribution is -0.145. The first-order valence-corrected chi connectivity index (χ1v) is 16.1. The van der Waals surface area contributed by atoms with Gasteiger partial charge in [0.15, 0.2) is 0 Å². The molecule has 0 aromatic carbocycles. The fourth-order valence-electron chi connectivity index (χ4n) is 5.02. The number of nitrogens with one attached hydrogen (secondary N) is 5. The van der Waals surface area contributed by atoms with E-state index in [-0.39, 0.29) is 19.4 Å². The van der Waals surface area contributed by atoms with Crippen LogP contribution in [0.4, 0.5) is 0 Å². The molecule has 1 saturated heterocycles. The van der Waals surface area contributed by atoms with E-state index in [1.54, 1.807) is 0 Å². The number of hydrogen-bond acceptors (Lipinski definition) is 13. The summed E-state index contributed by atoms with van der Waals surface area (Å²) in [4.78, 5) is 148. The van der Waals surface area contributed by atoms with Gasteiger partial charge in [-0.1, -0.05) is 0 Å². The van der Waals surface area contributed by atoms with Crippen LogP contribution in [0.15, 0.2) is 0 Å². The van der Waals surface area contributed by atoms with Gasteiger partial charge in [-0.05, 0) is 26.2 Å². The number of carbonyl (C=O) groups excluding carboxylic acids is 9. The average molecular weight is 773 g/mol. The topological polar surface area (TPSA) is 433 Å². The maximum absolute atomic E-state index is 13.8. The number of carboxylic acids is 3. The summed E-state index contributed by atoms with van der Waals surface area (Å²) < 4.78 is 0. The van der Waals surface area contributed by atoms with Crippen molar-refractivity contribution >= 4 is 71.1 Å². The molecule has 7 atom stereocenters. The molecule has 54 heavy (non-hydrogen) atoms. The van der Waals surface area contributed by atoms with Gasteiger partial charge in [0.25, 0.3) is 0 Å². The van der Waals surface area contributed by atoms with Crippen molar-refractivity contribution in [2.75, 3.05) is 6.54 Å². The van der Waals surface area contributed by atoms with Gasteiger partial charge in [-0.3, -0.25) is 52.7 Å². The smallest absolute Gasteiger partial charge is 0.326 e. The first-order chi connectivity index (χ1) is 25.0. The normalized spacial score (nSPS) is 16.9. The summed E-state index contributed by atoms with van der Waals surface area (Å²) in [6.45, 7) is 1.08. The number of hydrogen-bond donors (Lipinski definition) is 12. The second-order valence-electron chi connectivity index (χ2n) is 12.2. The van der Waals surface area contributed by atoms with Crippen molar-refractivity contribution in [3.05, 3.63) is 0 Å². The van der Waals surface area contributed by atoms with Gasteiger partial charge in [0.05, 0.1) is 31.7 Å². The standard InChI is InChI=1S/C29H44N10O15/c1-11(30)23(47)35-15(10-22(45)46)26(50)36-13(7-18(31)40)24(48)34-12(4-5-21(43)44)28(52)39-6-2-3-17(39)27(51)37-14(8-19(32)41)25(49)38-16(29(53)54)9-20(33)42/h11-17H,2-10,30H2,1H3,(H2,31,40)(H2,32,41)(H2,33,42)(H,34,48)(H,35,47)(H,36,50)(H,37,51)(H,38,49)(H,43,44)(H,45,46)(H,53,54). The lowest BCUT2D eigenvalue weighted by atomic mass is 10.1. The minimum Gasteiger partial charge on any atom is -0.481 e. The Hall–Kier alpha value is -6.40. The number of rotatable bonds is 23. The Balaban J connectivity index is 3.33. The van der Waals surface area contributed by atoms with Crippen LogP contribution in [0.25, 0.3) is 0 Å². The van der Waals surface area contributed by atoms with Crippen molar-refractivity contribution < 1.29 is 72.9 Å². The summed E-state index contributed by atoms with van der Waals surface area (Å²) in [6.07, 6.45) is -4.82. The molecular formula is C29H44N10O15. The Kier molecular flexibility index (Phi) is 17.9. The first-order valence-electron chi connectivity index (χ1n) is 16.1. The van der Waals surface area contributed by atoms with E-state index in [9.17, 15) is 72.9 Å². The van der Waals surface area contributed by atoms with E-state index in [0.29, 0.717) is 0 Å². The van der Waals surface area contributed by atoms with Crippen molar-refractivity contribution in [3.8, 4) is 0 Å². The van der Waals surface area contributed by atoms with Crippen molar-refractivity contribution in [2.24, 2.45) is 22.9 Å². The van der Waals surface area contributed by atoms with Gasteiger partial charge in [-0.2, -0.15) is 0 Å². The fourth-order valence-corrected chi connectivity index (χ4v) is 5.02. The summed E-state index contributed by atoms with van der Waals surface area (Å²) in [6, 6.07) is -11.7. The van der Waals surface area contributed by atoms with Crippen LogP contribution in [0.2, 0.25) is 0 Å². The van der Waals surface area contributed by atoms with Crippen LogP contribution in [-0.2, 0) is 57.5 Å². The maximum Gasteiger partial charge on any atom is 0.326 e. The molecule has 7 unspecified atom stereocenters. The zero-order chi connectivity index (χ0) is 41.4. The number of primary amides is 3. The zero-order valence-electron chi connectivity index (χ0n) is 28.9. The average Bonchev–Trinajstić information content (AvgIpc) is 3.54. The summed E-state index contributed by atoms with van der Waals surface area (Å²) in [7, 11) is 0.